The van der Waals surface area contributed by atoms with E-state index in [0.29, 0.717) is 26.8 Å². The molecule has 5 nitrogen and oxygen atoms in total. The minimum absolute atomic E-state index is 0.0746. The third kappa shape index (κ3) is 3.29. The maximum atomic E-state index is 12.2. The van der Waals surface area contributed by atoms with Crippen LogP contribution in [0, 0.1) is 11.3 Å². The van der Waals surface area contributed by atoms with Crippen LogP contribution in [0.25, 0.3) is 11.0 Å². The number of anilines is 1. The molecule has 0 fully saturated rings. The van der Waals surface area contributed by atoms with Gasteiger partial charge in [0.05, 0.1) is 39.0 Å². The SMILES string of the molecule is N#Cc1cccc(NC(=O)Cn2cnc3cc(Cl)c(Cl)cc32)c1. The van der Waals surface area contributed by atoms with E-state index in [0.717, 1.165) is 5.52 Å². The lowest BCUT2D eigenvalue weighted by Gasteiger charge is -2.07. The molecule has 23 heavy (non-hydrogen) atoms. The average Bonchev–Trinajstić information content (AvgIpc) is 2.90. The summed E-state index contributed by atoms with van der Waals surface area (Å²) in [5.41, 5.74) is 2.44. The molecular formula is C16H10Cl2N4O. The van der Waals surface area contributed by atoms with Crippen LogP contribution in [0.5, 0.6) is 0 Å². The first-order chi connectivity index (χ1) is 11.1. The van der Waals surface area contributed by atoms with Crippen LogP contribution >= 0.6 is 23.2 Å². The van der Waals surface area contributed by atoms with E-state index in [-0.39, 0.29) is 12.5 Å². The lowest BCUT2D eigenvalue weighted by Crippen LogP contribution is -2.18. The fourth-order valence-corrected chi connectivity index (χ4v) is 2.52. The molecule has 0 spiro atoms. The lowest BCUT2D eigenvalue weighted by molar-refractivity contribution is -0.116. The average molecular weight is 345 g/mol. The molecular weight excluding hydrogens is 335 g/mol. The second kappa shape index (κ2) is 6.29. The minimum atomic E-state index is -0.231. The summed E-state index contributed by atoms with van der Waals surface area (Å²) in [7, 11) is 0. The Labute approximate surface area is 142 Å². The van der Waals surface area contributed by atoms with Gasteiger partial charge in [-0.15, -0.1) is 0 Å². The first-order valence-electron chi connectivity index (χ1n) is 6.67. The van der Waals surface area contributed by atoms with Crippen LogP contribution in [0.4, 0.5) is 5.69 Å². The van der Waals surface area contributed by atoms with Gasteiger partial charge < -0.3 is 9.88 Å². The van der Waals surface area contributed by atoms with E-state index in [1.165, 1.54) is 0 Å². The Kier molecular flexibility index (Phi) is 4.20. The summed E-state index contributed by atoms with van der Waals surface area (Å²) in [4.78, 5) is 16.4. The predicted octanol–water partition coefficient (Wildman–Crippen LogP) is 3.85. The summed E-state index contributed by atoms with van der Waals surface area (Å²) in [5.74, 6) is -0.231. The Morgan fingerprint density at radius 1 is 1.26 bits per heavy atom. The van der Waals surface area contributed by atoms with Gasteiger partial charge in [0.15, 0.2) is 0 Å². The highest BCUT2D eigenvalue weighted by atomic mass is 35.5. The largest absolute Gasteiger partial charge is 0.324 e. The van der Waals surface area contributed by atoms with Crippen molar-refractivity contribution in [3.63, 3.8) is 0 Å². The van der Waals surface area contributed by atoms with Crippen molar-refractivity contribution in [1.29, 1.82) is 5.26 Å². The predicted molar refractivity (Wildman–Crippen MR) is 89.5 cm³/mol. The number of nitrogens with zero attached hydrogens (tertiary/aromatic N) is 3. The standard InChI is InChI=1S/C16H10Cl2N4O/c17-12-5-14-15(6-13(12)18)22(9-20-14)8-16(23)21-11-3-1-2-10(4-11)7-19/h1-6,9H,8H2,(H,21,23). The highest BCUT2D eigenvalue weighted by Gasteiger charge is 2.10. The number of nitrogens with one attached hydrogen (secondary N) is 1. The van der Waals surface area contributed by atoms with E-state index < -0.39 is 0 Å². The molecule has 1 heterocycles. The van der Waals surface area contributed by atoms with Crippen molar-refractivity contribution in [2.75, 3.05) is 5.32 Å². The number of aromatic nitrogens is 2. The fourth-order valence-electron chi connectivity index (χ4n) is 2.20. The van der Waals surface area contributed by atoms with Gasteiger partial charge in [-0.25, -0.2) is 4.98 Å². The molecule has 1 amide bonds. The smallest absolute Gasteiger partial charge is 0.244 e. The Morgan fingerprint density at radius 3 is 2.83 bits per heavy atom. The van der Waals surface area contributed by atoms with Gasteiger partial charge in [-0.3, -0.25) is 4.79 Å². The zero-order valence-corrected chi connectivity index (χ0v) is 13.3. The van der Waals surface area contributed by atoms with Crippen molar-refractivity contribution in [3.8, 4) is 6.07 Å². The van der Waals surface area contributed by atoms with E-state index >= 15 is 0 Å². The molecule has 0 aliphatic heterocycles. The monoisotopic (exact) mass is 344 g/mol. The number of amides is 1. The topological polar surface area (TPSA) is 70.7 Å². The molecule has 1 aromatic heterocycles. The van der Waals surface area contributed by atoms with Crippen LogP contribution in [0.3, 0.4) is 0 Å². The first-order valence-corrected chi connectivity index (χ1v) is 7.42. The van der Waals surface area contributed by atoms with E-state index in [4.69, 9.17) is 28.5 Å². The normalized spacial score (nSPS) is 10.5. The number of carbonyl (C=O) groups is 1. The van der Waals surface area contributed by atoms with Crippen molar-refractivity contribution >= 4 is 45.8 Å². The maximum absolute atomic E-state index is 12.2. The summed E-state index contributed by atoms with van der Waals surface area (Å²) in [6, 6.07) is 12.1. The van der Waals surface area contributed by atoms with Gasteiger partial charge in [0, 0.05) is 5.69 Å². The molecule has 0 saturated carbocycles. The number of hydrogen-bond donors (Lipinski definition) is 1. The number of imidazole rings is 1. The van der Waals surface area contributed by atoms with Gasteiger partial charge in [-0.1, -0.05) is 29.3 Å². The van der Waals surface area contributed by atoms with E-state index in [1.807, 2.05) is 6.07 Å². The summed E-state index contributed by atoms with van der Waals surface area (Å²) in [6.45, 7) is 0.0746. The fraction of sp³-hybridized carbons (Fsp3) is 0.0625. The number of nitriles is 1. The van der Waals surface area contributed by atoms with Crippen molar-refractivity contribution in [3.05, 3.63) is 58.3 Å². The second-order valence-corrected chi connectivity index (χ2v) is 5.68. The third-order valence-corrected chi connectivity index (χ3v) is 3.97. The zero-order chi connectivity index (χ0) is 16.4. The number of benzene rings is 2. The minimum Gasteiger partial charge on any atom is -0.324 e. The molecule has 0 radical (unpaired) electrons. The van der Waals surface area contributed by atoms with Gasteiger partial charge in [-0.2, -0.15) is 5.26 Å². The molecule has 0 unspecified atom stereocenters. The molecule has 0 aliphatic carbocycles. The molecule has 114 valence electrons. The van der Waals surface area contributed by atoms with Crippen molar-refractivity contribution in [2.45, 2.75) is 6.54 Å². The van der Waals surface area contributed by atoms with E-state index in [9.17, 15) is 4.79 Å². The number of hydrogen-bond acceptors (Lipinski definition) is 3. The third-order valence-electron chi connectivity index (χ3n) is 3.25. The molecule has 0 aliphatic rings. The number of halogens is 2. The highest BCUT2D eigenvalue weighted by Crippen LogP contribution is 2.27. The van der Waals surface area contributed by atoms with Crippen molar-refractivity contribution in [2.24, 2.45) is 0 Å². The van der Waals surface area contributed by atoms with Gasteiger partial charge >= 0.3 is 0 Å². The Morgan fingerprint density at radius 2 is 2.04 bits per heavy atom. The molecule has 0 bridgehead atoms. The van der Waals surface area contributed by atoms with Crippen LogP contribution in [-0.4, -0.2) is 15.5 Å². The van der Waals surface area contributed by atoms with Crippen LogP contribution in [0.15, 0.2) is 42.7 Å². The maximum Gasteiger partial charge on any atom is 0.244 e. The molecule has 2 aromatic carbocycles. The van der Waals surface area contributed by atoms with E-state index in [1.54, 1.807) is 47.3 Å². The second-order valence-electron chi connectivity index (χ2n) is 4.87. The molecule has 7 heteroatoms. The van der Waals surface area contributed by atoms with Gasteiger partial charge in [0.25, 0.3) is 0 Å². The molecule has 1 N–H and O–H groups in total. The summed E-state index contributed by atoms with van der Waals surface area (Å²) < 4.78 is 1.68. The molecule has 0 atom stereocenters. The summed E-state index contributed by atoms with van der Waals surface area (Å²) >= 11 is 12.0. The number of fused-ring (bicyclic) bond motifs is 1. The van der Waals surface area contributed by atoms with Crippen molar-refractivity contribution in [1.82, 2.24) is 9.55 Å². The van der Waals surface area contributed by atoms with Gasteiger partial charge in [0.1, 0.15) is 6.54 Å². The Bertz CT molecular complexity index is 943. The van der Waals surface area contributed by atoms with Crippen LogP contribution < -0.4 is 5.32 Å². The van der Waals surface area contributed by atoms with Gasteiger partial charge in [-0.05, 0) is 30.3 Å². The first kappa shape index (κ1) is 15.3. The summed E-state index contributed by atoms with van der Waals surface area (Å²) in [5, 5.41) is 12.4. The van der Waals surface area contributed by atoms with E-state index in [2.05, 4.69) is 10.3 Å². The Hall–Kier alpha value is -2.55. The highest BCUT2D eigenvalue weighted by molar-refractivity contribution is 6.42. The van der Waals surface area contributed by atoms with Crippen molar-refractivity contribution < 1.29 is 4.79 Å². The quantitative estimate of drug-likeness (QED) is 0.784. The molecule has 3 aromatic rings. The zero-order valence-electron chi connectivity index (χ0n) is 11.8. The molecule has 3 rings (SSSR count). The molecule has 0 saturated heterocycles. The number of rotatable bonds is 3. The van der Waals surface area contributed by atoms with Crippen LogP contribution in [0.1, 0.15) is 5.56 Å². The lowest BCUT2D eigenvalue weighted by atomic mass is 10.2. The number of carbonyl (C=O) groups excluding carboxylic acids is 1. The van der Waals surface area contributed by atoms with Crippen LogP contribution in [-0.2, 0) is 11.3 Å². The Balaban J connectivity index is 1.80. The van der Waals surface area contributed by atoms with Gasteiger partial charge in [0.2, 0.25) is 5.91 Å². The van der Waals surface area contributed by atoms with Crippen LogP contribution in [0.2, 0.25) is 10.0 Å². The summed E-state index contributed by atoms with van der Waals surface area (Å²) in [6.07, 6.45) is 1.56.